The molecule has 0 saturated carbocycles. The maximum absolute atomic E-state index is 12.5. The van der Waals surface area contributed by atoms with E-state index in [-0.39, 0.29) is 31.6 Å². The van der Waals surface area contributed by atoms with Gasteiger partial charge in [0.15, 0.2) is 5.92 Å². The summed E-state index contributed by atoms with van der Waals surface area (Å²) < 4.78 is 42.4. The van der Waals surface area contributed by atoms with Crippen LogP contribution in [0.15, 0.2) is 0 Å². The number of piperidine rings is 1. The zero-order valence-corrected chi connectivity index (χ0v) is 10.7. The van der Waals surface area contributed by atoms with Crippen molar-refractivity contribution in [3.05, 3.63) is 0 Å². The van der Waals surface area contributed by atoms with Gasteiger partial charge >= 0.3 is 12.1 Å². The maximum Gasteiger partial charge on any atom is 0.405 e. The molecule has 0 aromatic rings. The number of hydrogen-bond acceptors (Lipinski definition) is 4. The van der Waals surface area contributed by atoms with Gasteiger partial charge in [-0.15, -0.1) is 0 Å². The minimum atomic E-state index is -4.52. The van der Waals surface area contributed by atoms with Crippen LogP contribution in [0.4, 0.5) is 13.2 Å². The Kier molecular flexibility index (Phi) is 5.60. The molecule has 1 fully saturated rings. The van der Waals surface area contributed by atoms with Crippen molar-refractivity contribution in [3.63, 3.8) is 0 Å². The molecular weight excluding hydrogens is 261 g/mol. The normalized spacial score (nSPS) is 22.6. The van der Waals surface area contributed by atoms with Crippen molar-refractivity contribution in [3.8, 4) is 6.07 Å². The smallest absolute Gasteiger partial charge is 0.405 e. The molecule has 1 rings (SSSR count). The molecule has 1 heterocycles. The minimum absolute atomic E-state index is 0.229. The van der Waals surface area contributed by atoms with E-state index in [0.717, 1.165) is 0 Å². The van der Waals surface area contributed by atoms with E-state index in [1.54, 1.807) is 6.92 Å². The van der Waals surface area contributed by atoms with Gasteiger partial charge < -0.3 is 9.64 Å². The van der Waals surface area contributed by atoms with Gasteiger partial charge in [-0.3, -0.25) is 4.79 Å². The van der Waals surface area contributed by atoms with Crippen molar-refractivity contribution in [1.29, 1.82) is 5.26 Å². The average Bonchev–Trinajstić information content (AvgIpc) is 2.35. The number of nitrogens with zero attached hydrogens (tertiary/aromatic N) is 2. The molecule has 0 bridgehead atoms. The summed E-state index contributed by atoms with van der Waals surface area (Å²) in [4.78, 5) is 13.1. The lowest BCUT2D eigenvalue weighted by molar-refractivity contribution is -0.165. The van der Waals surface area contributed by atoms with Crippen LogP contribution in [-0.2, 0) is 9.53 Å². The number of nitriles is 1. The molecule has 108 valence electrons. The average molecular weight is 278 g/mol. The van der Waals surface area contributed by atoms with E-state index >= 15 is 0 Å². The van der Waals surface area contributed by atoms with E-state index in [4.69, 9.17) is 10.00 Å². The van der Waals surface area contributed by atoms with Crippen LogP contribution in [0.5, 0.6) is 0 Å². The molecule has 7 heteroatoms. The van der Waals surface area contributed by atoms with Crippen molar-refractivity contribution in [2.24, 2.45) is 11.8 Å². The first-order valence-electron chi connectivity index (χ1n) is 6.23. The molecular formula is C12H17F3N2O2. The molecule has 0 aromatic heterocycles. The Morgan fingerprint density at radius 3 is 2.79 bits per heavy atom. The third-order valence-electron chi connectivity index (χ3n) is 3.12. The number of esters is 1. The van der Waals surface area contributed by atoms with Crippen LogP contribution in [0, 0.1) is 23.2 Å². The number of alkyl halides is 3. The van der Waals surface area contributed by atoms with Gasteiger partial charge in [0.1, 0.15) is 0 Å². The van der Waals surface area contributed by atoms with Crippen molar-refractivity contribution < 1.29 is 22.7 Å². The van der Waals surface area contributed by atoms with Crippen LogP contribution in [0.1, 0.15) is 19.8 Å². The Balaban J connectivity index is 2.56. The molecule has 19 heavy (non-hydrogen) atoms. The lowest BCUT2D eigenvalue weighted by Gasteiger charge is -2.32. The van der Waals surface area contributed by atoms with Gasteiger partial charge in [0.05, 0.1) is 18.6 Å². The first-order chi connectivity index (χ1) is 8.88. The second-order valence-corrected chi connectivity index (χ2v) is 4.57. The predicted molar refractivity (Wildman–Crippen MR) is 61.0 cm³/mol. The van der Waals surface area contributed by atoms with Crippen LogP contribution in [0.3, 0.4) is 0 Å². The molecule has 1 saturated heterocycles. The fourth-order valence-electron chi connectivity index (χ4n) is 2.15. The summed E-state index contributed by atoms with van der Waals surface area (Å²) in [6, 6.07) is 1.28. The maximum atomic E-state index is 12.5. The zero-order chi connectivity index (χ0) is 14.5. The monoisotopic (exact) mass is 278 g/mol. The van der Waals surface area contributed by atoms with Gasteiger partial charge in [0.25, 0.3) is 0 Å². The topological polar surface area (TPSA) is 53.3 Å². The zero-order valence-electron chi connectivity index (χ0n) is 10.7. The standard InChI is InChI=1S/C12H17F3N2O2/c1-2-19-11(18)9-4-3-5-17(7-9)8-10(6-16)12(13,14)15/h9-10H,2-5,7-8H2,1H3/t9-,10?/m1/s1. The predicted octanol–water partition coefficient (Wildman–Crippen LogP) is 1.96. The lowest BCUT2D eigenvalue weighted by atomic mass is 9.97. The van der Waals surface area contributed by atoms with Crippen molar-refractivity contribution in [2.45, 2.75) is 25.9 Å². The van der Waals surface area contributed by atoms with Gasteiger partial charge in [-0.1, -0.05) is 0 Å². The molecule has 1 unspecified atom stereocenters. The molecule has 0 radical (unpaired) electrons. The van der Waals surface area contributed by atoms with Gasteiger partial charge in [0, 0.05) is 13.1 Å². The van der Waals surface area contributed by atoms with Gasteiger partial charge in [0.2, 0.25) is 0 Å². The van der Waals surface area contributed by atoms with E-state index in [9.17, 15) is 18.0 Å². The molecule has 4 nitrogen and oxygen atoms in total. The number of hydrogen-bond donors (Lipinski definition) is 0. The third kappa shape index (κ3) is 4.71. The molecule has 0 aliphatic carbocycles. The third-order valence-corrected chi connectivity index (χ3v) is 3.12. The fraction of sp³-hybridized carbons (Fsp3) is 0.833. The number of halogens is 3. The number of carbonyl (C=O) groups excluding carboxylic acids is 1. The molecule has 0 amide bonds. The summed E-state index contributed by atoms with van der Waals surface area (Å²) in [6.45, 7) is 2.28. The number of rotatable bonds is 4. The second kappa shape index (κ2) is 6.75. The first kappa shape index (κ1) is 15.8. The van der Waals surface area contributed by atoms with E-state index in [1.807, 2.05) is 0 Å². The Bertz CT molecular complexity index is 352. The van der Waals surface area contributed by atoms with E-state index in [0.29, 0.717) is 19.4 Å². The molecule has 0 aromatic carbocycles. The van der Waals surface area contributed by atoms with Crippen LogP contribution in [0.2, 0.25) is 0 Å². The fourth-order valence-corrected chi connectivity index (χ4v) is 2.15. The highest BCUT2D eigenvalue weighted by Crippen LogP contribution is 2.28. The number of carbonyl (C=O) groups is 1. The molecule has 0 N–H and O–H groups in total. The van der Waals surface area contributed by atoms with Crippen molar-refractivity contribution >= 4 is 5.97 Å². The highest BCUT2D eigenvalue weighted by molar-refractivity contribution is 5.72. The summed E-state index contributed by atoms with van der Waals surface area (Å²) in [5.74, 6) is -2.76. The Labute approximate surface area is 110 Å². The molecule has 0 spiro atoms. The van der Waals surface area contributed by atoms with Crippen LogP contribution < -0.4 is 0 Å². The lowest BCUT2D eigenvalue weighted by Crippen LogP contribution is -2.44. The van der Waals surface area contributed by atoms with Gasteiger partial charge in [-0.25, -0.2) is 0 Å². The quantitative estimate of drug-likeness (QED) is 0.738. The van der Waals surface area contributed by atoms with Crippen LogP contribution in [-0.4, -0.2) is 43.3 Å². The SMILES string of the molecule is CCOC(=O)[C@@H]1CCCN(CC(C#N)C(F)(F)F)C1. The van der Waals surface area contributed by atoms with Gasteiger partial charge in [-0.2, -0.15) is 18.4 Å². The highest BCUT2D eigenvalue weighted by Gasteiger charge is 2.41. The van der Waals surface area contributed by atoms with Crippen molar-refractivity contribution in [1.82, 2.24) is 4.90 Å². The molecule has 1 aliphatic rings. The highest BCUT2D eigenvalue weighted by atomic mass is 19.4. The summed E-state index contributed by atoms with van der Waals surface area (Å²) in [6.07, 6.45) is -3.26. The van der Waals surface area contributed by atoms with E-state index < -0.39 is 12.1 Å². The van der Waals surface area contributed by atoms with E-state index in [1.165, 1.54) is 11.0 Å². The van der Waals surface area contributed by atoms with Crippen LogP contribution >= 0.6 is 0 Å². The van der Waals surface area contributed by atoms with Crippen molar-refractivity contribution in [2.75, 3.05) is 26.2 Å². The number of likely N-dealkylation sites (tertiary alicyclic amines) is 1. The second-order valence-electron chi connectivity index (χ2n) is 4.57. The number of ether oxygens (including phenoxy) is 1. The summed E-state index contributed by atoms with van der Waals surface area (Å²) in [5, 5.41) is 8.56. The van der Waals surface area contributed by atoms with E-state index in [2.05, 4.69) is 0 Å². The van der Waals surface area contributed by atoms with Gasteiger partial charge in [-0.05, 0) is 26.3 Å². The summed E-state index contributed by atoms with van der Waals surface area (Å²) >= 11 is 0. The summed E-state index contributed by atoms with van der Waals surface area (Å²) in [5.41, 5.74) is 0. The first-order valence-corrected chi connectivity index (χ1v) is 6.23. The minimum Gasteiger partial charge on any atom is -0.466 e. The molecule has 1 aliphatic heterocycles. The Morgan fingerprint density at radius 1 is 1.58 bits per heavy atom. The Hall–Kier alpha value is -1.29. The summed E-state index contributed by atoms with van der Waals surface area (Å²) in [7, 11) is 0. The van der Waals surface area contributed by atoms with Crippen LogP contribution in [0.25, 0.3) is 0 Å². The Morgan fingerprint density at radius 2 is 2.26 bits per heavy atom. The molecule has 2 atom stereocenters. The largest absolute Gasteiger partial charge is 0.466 e.